The minimum absolute atomic E-state index is 0.0380. The molecule has 0 spiro atoms. The molecule has 1 aromatic carbocycles. The monoisotopic (exact) mass is 383 g/mol. The summed E-state index contributed by atoms with van der Waals surface area (Å²) >= 11 is 5.06. The first kappa shape index (κ1) is 16.8. The summed E-state index contributed by atoms with van der Waals surface area (Å²) in [6.07, 6.45) is 0.281. The van der Waals surface area contributed by atoms with Crippen LogP contribution in [0.5, 0.6) is 11.5 Å². The molecule has 2 rings (SSSR count). The number of carbonyl (C=O) groups excluding carboxylic acids is 1. The van der Waals surface area contributed by atoms with Crippen LogP contribution in [0.4, 0.5) is 0 Å². The maximum Gasteiger partial charge on any atom is 0.227 e. The van der Waals surface area contributed by atoms with E-state index in [0.717, 1.165) is 14.2 Å². The number of ether oxygens (including phenoxy) is 2. The van der Waals surface area contributed by atoms with E-state index in [4.69, 9.17) is 9.47 Å². The average molecular weight is 384 g/mol. The summed E-state index contributed by atoms with van der Waals surface area (Å²) < 4.78 is 11.6. The highest BCUT2D eigenvalue weighted by atomic mass is 79.9. The molecule has 22 heavy (non-hydrogen) atoms. The fourth-order valence-electron chi connectivity index (χ4n) is 2.08. The average Bonchev–Trinajstić information content (AvgIpc) is 2.92. The van der Waals surface area contributed by atoms with Crippen LogP contribution < -0.4 is 9.47 Å². The molecular weight excluding hydrogens is 366 g/mol. The Labute approximate surface area is 142 Å². The van der Waals surface area contributed by atoms with Crippen LogP contribution in [-0.2, 0) is 17.8 Å². The zero-order valence-corrected chi connectivity index (χ0v) is 15.2. The number of amides is 1. The van der Waals surface area contributed by atoms with Crippen molar-refractivity contribution in [1.82, 2.24) is 4.90 Å². The van der Waals surface area contributed by atoms with E-state index in [1.807, 2.05) is 37.4 Å². The van der Waals surface area contributed by atoms with Crippen LogP contribution in [0.25, 0.3) is 0 Å². The maximum absolute atomic E-state index is 12.4. The van der Waals surface area contributed by atoms with Crippen LogP contribution >= 0.6 is 27.3 Å². The molecule has 0 N–H and O–H groups in total. The third-order valence-corrected chi connectivity index (χ3v) is 4.89. The normalized spacial score (nSPS) is 10.4. The van der Waals surface area contributed by atoms with Gasteiger partial charge >= 0.3 is 0 Å². The molecule has 0 saturated heterocycles. The quantitative estimate of drug-likeness (QED) is 0.762. The van der Waals surface area contributed by atoms with E-state index < -0.39 is 0 Å². The van der Waals surface area contributed by atoms with E-state index in [2.05, 4.69) is 15.9 Å². The topological polar surface area (TPSA) is 38.8 Å². The van der Waals surface area contributed by atoms with Gasteiger partial charge in [0.15, 0.2) is 0 Å². The Balaban J connectivity index is 2.07. The first-order chi connectivity index (χ1) is 10.5. The molecule has 0 bridgehead atoms. The van der Waals surface area contributed by atoms with E-state index in [1.54, 1.807) is 30.5 Å². The van der Waals surface area contributed by atoms with Crippen LogP contribution in [0.1, 0.15) is 10.4 Å². The van der Waals surface area contributed by atoms with Gasteiger partial charge in [-0.05, 0) is 46.3 Å². The number of likely N-dealkylation sites (N-methyl/N-ethyl adjacent to an activating group) is 1. The number of benzene rings is 1. The Morgan fingerprint density at radius 3 is 2.59 bits per heavy atom. The minimum atomic E-state index is 0.0380. The van der Waals surface area contributed by atoms with Crippen LogP contribution in [0.15, 0.2) is 34.1 Å². The van der Waals surface area contributed by atoms with Gasteiger partial charge in [-0.15, -0.1) is 11.3 Å². The van der Waals surface area contributed by atoms with E-state index >= 15 is 0 Å². The van der Waals surface area contributed by atoms with Crippen molar-refractivity contribution >= 4 is 33.2 Å². The molecular formula is C16H18BrNO3S. The highest BCUT2D eigenvalue weighted by Gasteiger charge is 2.15. The van der Waals surface area contributed by atoms with Crippen molar-refractivity contribution in [3.8, 4) is 11.5 Å². The Hall–Kier alpha value is -1.53. The first-order valence-electron chi connectivity index (χ1n) is 6.72. The zero-order chi connectivity index (χ0) is 16.1. The molecule has 2 aromatic rings. The number of halogens is 1. The summed E-state index contributed by atoms with van der Waals surface area (Å²) in [6, 6.07) is 9.48. The first-order valence-corrected chi connectivity index (χ1v) is 8.33. The van der Waals surface area contributed by atoms with Crippen molar-refractivity contribution in [1.29, 1.82) is 0 Å². The van der Waals surface area contributed by atoms with Crippen LogP contribution in [0.2, 0.25) is 0 Å². The second-order valence-electron chi connectivity index (χ2n) is 4.81. The number of hydrogen-bond donors (Lipinski definition) is 0. The summed E-state index contributed by atoms with van der Waals surface area (Å²) in [7, 11) is 5.01. The molecule has 118 valence electrons. The lowest BCUT2D eigenvalue weighted by molar-refractivity contribution is -0.129. The Morgan fingerprint density at radius 1 is 1.23 bits per heavy atom. The number of hydrogen-bond acceptors (Lipinski definition) is 4. The van der Waals surface area contributed by atoms with Gasteiger partial charge < -0.3 is 14.4 Å². The molecule has 1 aromatic heterocycles. The van der Waals surface area contributed by atoms with Gasteiger partial charge in [-0.25, -0.2) is 0 Å². The smallest absolute Gasteiger partial charge is 0.227 e. The van der Waals surface area contributed by atoms with Crippen molar-refractivity contribution < 1.29 is 14.3 Å². The van der Waals surface area contributed by atoms with Crippen molar-refractivity contribution in [2.45, 2.75) is 13.0 Å². The zero-order valence-electron chi connectivity index (χ0n) is 12.8. The number of methoxy groups -OCH3 is 2. The second kappa shape index (κ2) is 7.65. The SMILES string of the molecule is COc1ccc(OC)c(CC(=O)N(C)Cc2ccc(Br)s2)c1. The van der Waals surface area contributed by atoms with Crippen molar-refractivity contribution in [3.05, 3.63) is 44.6 Å². The Morgan fingerprint density at radius 2 is 2.00 bits per heavy atom. The standard InChI is InChI=1S/C16H18BrNO3S/c1-18(10-13-5-7-15(17)22-13)16(19)9-11-8-12(20-2)4-6-14(11)21-3/h4-8H,9-10H2,1-3H3. The van der Waals surface area contributed by atoms with E-state index in [0.29, 0.717) is 18.0 Å². The summed E-state index contributed by atoms with van der Waals surface area (Å²) in [5.41, 5.74) is 0.825. The molecule has 0 aliphatic carbocycles. The molecule has 0 unspecified atom stereocenters. The van der Waals surface area contributed by atoms with E-state index in [9.17, 15) is 4.79 Å². The van der Waals surface area contributed by atoms with Crippen molar-refractivity contribution in [2.24, 2.45) is 0 Å². The van der Waals surface area contributed by atoms with Gasteiger partial charge in [0.2, 0.25) is 5.91 Å². The van der Waals surface area contributed by atoms with Gasteiger partial charge in [-0.2, -0.15) is 0 Å². The molecule has 4 nitrogen and oxygen atoms in total. The molecule has 0 radical (unpaired) electrons. The fraction of sp³-hybridized carbons (Fsp3) is 0.312. The maximum atomic E-state index is 12.4. The largest absolute Gasteiger partial charge is 0.497 e. The highest BCUT2D eigenvalue weighted by molar-refractivity contribution is 9.11. The highest BCUT2D eigenvalue weighted by Crippen LogP contribution is 2.26. The van der Waals surface area contributed by atoms with Gasteiger partial charge in [0.25, 0.3) is 0 Å². The predicted octanol–water partition coefficient (Wildman–Crippen LogP) is 3.73. The minimum Gasteiger partial charge on any atom is -0.497 e. The summed E-state index contributed by atoms with van der Waals surface area (Å²) in [5, 5.41) is 0. The summed E-state index contributed by atoms with van der Waals surface area (Å²) in [6.45, 7) is 0.599. The summed E-state index contributed by atoms with van der Waals surface area (Å²) in [5.74, 6) is 1.45. The van der Waals surface area contributed by atoms with E-state index in [1.165, 1.54) is 0 Å². The van der Waals surface area contributed by atoms with Crippen LogP contribution in [0, 0.1) is 0 Å². The van der Waals surface area contributed by atoms with Crippen LogP contribution in [0.3, 0.4) is 0 Å². The number of carbonyl (C=O) groups is 1. The molecule has 1 heterocycles. The molecule has 0 aliphatic heterocycles. The molecule has 6 heteroatoms. The van der Waals surface area contributed by atoms with Gasteiger partial charge in [0, 0.05) is 17.5 Å². The lowest BCUT2D eigenvalue weighted by Gasteiger charge is -2.17. The van der Waals surface area contributed by atoms with E-state index in [-0.39, 0.29) is 12.3 Å². The molecule has 0 atom stereocenters. The molecule has 0 aliphatic rings. The number of rotatable bonds is 6. The second-order valence-corrected chi connectivity index (χ2v) is 7.36. The van der Waals surface area contributed by atoms with Gasteiger partial charge in [-0.3, -0.25) is 4.79 Å². The third-order valence-electron chi connectivity index (χ3n) is 3.28. The number of thiophene rings is 1. The fourth-order valence-corrected chi connectivity index (χ4v) is 3.61. The van der Waals surface area contributed by atoms with Crippen molar-refractivity contribution in [3.63, 3.8) is 0 Å². The van der Waals surface area contributed by atoms with Gasteiger partial charge in [-0.1, -0.05) is 0 Å². The summed E-state index contributed by atoms with van der Waals surface area (Å²) in [4.78, 5) is 15.3. The third kappa shape index (κ3) is 4.24. The molecule has 1 amide bonds. The van der Waals surface area contributed by atoms with Crippen molar-refractivity contribution in [2.75, 3.05) is 21.3 Å². The lowest BCUT2D eigenvalue weighted by atomic mass is 10.1. The Kier molecular flexibility index (Phi) is 5.85. The number of nitrogens with zero attached hydrogens (tertiary/aromatic N) is 1. The Bertz CT molecular complexity index is 657. The lowest BCUT2D eigenvalue weighted by Crippen LogP contribution is -2.27. The van der Waals surface area contributed by atoms with Gasteiger partial charge in [0.05, 0.1) is 31.0 Å². The molecule has 0 saturated carbocycles. The predicted molar refractivity (Wildman–Crippen MR) is 91.7 cm³/mol. The van der Waals surface area contributed by atoms with Gasteiger partial charge in [0.1, 0.15) is 11.5 Å². The van der Waals surface area contributed by atoms with Crippen LogP contribution in [-0.4, -0.2) is 32.1 Å². The molecule has 0 fully saturated rings.